The third-order valence-electron chi connectivity index (χ3n) is 6.08. The third-order valence-corrected chi connectivity index (χ3v) is 6.08. The highest BCUT2D eigenvalue weighted by molar-refractivity contribution is 5.82. The minimum Gasteiger partial charge on any atom is -0.306 e. The van der Waals surface area contributed by atoms with Crippen LogP contribution in [0.4, 0.5) is 0 Å². The molecule has 2 unspecified atom stereocenters. The van der Waals surface area contributed by atoms with Gasteiger partial charge in [0, 0.05) is 0 Å². The van der Waals surface area contributed by atoms with E-state index in [0.717, 1.165) is 0 Å². The molecule has 2 heteroatoms. The fourth-order valence-electron chi connectivity index (χ4n) is 4.40. The minimum atomic E-state index is -0.594. The maximum absolute atomic E-state index is 6.92. The zero-order valence-electron chi connectivity index (χ0n) is 15.5. The van der Waals surface area contributed by atoms with Gasteiger partial charge in [-0.15, -0.1) is 0 Å². The quantitative estimate of drug-likeness (QED) is 0.765. The van der Waals surface area contributed by atoms with Crippen LogP contribution in [0.1, 0.15) is 67.9 Å². The third kappa shape index (κ3) is 2.03. The van der Waals surface area contributed by atoms with Crippen molar-refractivity contribution in [1.29, 1.82) is 0 Å². The second kappa shape index (κ2) is 4.93. The Morgan fingerprint density at radius 1 is 1.08 bits per heavy atom. The van der Waals surface area contributed by atoms with Gasteiger partial charge in [-0.3, -0.25) is 5.32 Å². The summed E-state index contributed by atoms with van der Waals surface area (Å²) in [6.07, 6.45) is 2.45. The van der Waals surface area contributed by atoms with Gasteiger partial charge in [0.15, 0.2) is 0 Å². The lowest BCUT2D eigenvalue weighted by molar-refractivity contribution is 0.466. The number of aryl methyl sites for hydroxylation is 1. The highest BCUT2D eigenvalue weighted by Crippen LogP contribution is 2.49. The fourth-order valence-corrected chi connectivity index (χ4v) is 4.40. The smallest absolute Gasteiger partial charge is 0.120 e. The number of nitrogens with two attached hydrogens (primary N) is 1. The molecule has 24 heavy (non-hydrogen) atoms. The number of rotatable bonds is 1. The van der Waals surface area contributed by atoms with Gasteiger partial charge in [0.2, 0.25) is 0 Å². The average Bonchev–Trinajstić information content (AvgIpc) is 3.03. The lowest BCUT2D eigenvalue weighted by Crippen LogP contribution is -2.48. The second-order valence-corrected chi connectivity index (χ2v) is 8.60. The molecule has 0 heterocycles. The molecule has 4 rings (SSSR count). The monoisotopic (exact) mass is 320 g/mol. The first kappa shape index (κ1) is 15.9. The Morgan fingerprint density at radius 2 is 1.79 bits per heavy atom. The van der Waals surface area contributed by atoms with Gasteiger partial charge in [-0.05, 0) is 70.2 Å². The van der Waals surface area contributed by atoms with Crippen molar-refractivity contribution in [1.82, 2.24) is 5.32 Å². The van der Waals surface area contributed by atoms with Crippen LogP contribution in [0.5, 0.6) is 0 Å². The molecule has 2 nitrogen and oxygen atoms in total. The van der Waals surface area contributed by atoms with E-state index in [-0.39, 0.29) is 5.41 Å². The summed E-state index contributed by atoms with van der Waals surface area (Å²) >= 11 is 0. The van der Waals surface area contributed by atoms with Crippen molar-refractivity contribution in [2.45, 2.75) is 57.5 Å². The predicted molar refractivity (Wildman–Crippen MR) is 101 cm³/mol. The van der Waals surface area contributed by atoms with Gasteiger partial charge < -0.3 is 5.73 Å². The average molecular weight is 320 g/mol. The summed E-state index contributed by atoms with van der Waals surface area (Å²) in [5.41, 5.74) is 15.8. The largest absolute Gasteiger partial charge is 0.306 e. The molecule has 2 atom stereocenters. The van der Waals surface area contributed by atoms with Crippen molar-refractivity contribution >= 4 is 0 Å². The van der Waals surface area contributed by atoms with Crippen molar-refractivity contribution in [3.05, 3.63) is 58.1 Å². The Balaban J connectivity index is 1.97. The molecule has 2 aliphatic carbocycles. The molecular formula is C22H28N2. The van der Waals surface area contributed by atoms with Crippen LogP contribution in [0.3, 0.4) is 0 Å². The highest BCUT2D eigenvalue weighted by atomic mass is 15.1. The molecule has 3 N–H and O–H groups in total. The topological polar surface area (TPSA) is 38.0 Å². The van der Waals surface area contributed by atoms with E-state index in [2.05, 4.69) is 63.3 Å². The molecule has 2 aromatic rings. The Bertz CT molecular complexity index is 829. The van der Waals surface area contributed by atoms with Crippen LogP contribution in [-0.2, 0) is 17.5 Å². The van der Waals surface area contributed by atoms with Crippen molar-refractivity contribution < 1.29 is 0 Å². The summed E-state index contributed by atoms with van der Waals surface area (Å²) in [6.45, 7) is 9.09. The van der Waals surface area contributed by atoms with E-state index in [1.165, 1.54) is 51.8 Å². The Hall–Kier alpha value is -1.64. The van der Waals surface area contributed by atoms with Gasteiger partial charge in [-0.1, -0.05) is 58.0 Å². The Kier molecular flexibility index (Phi) is 3.26. The van der Waals surface area contributed by atoms with E-state index in [1.807, 2.05) is 7.05 Å². The van der Waals surface area contributed by atoms with E-state index >= 15 is 0 Å². The molecular weight excluding hydrogens is 292 g/mol. The van der Waals surface area contributed by atoms with Gasteiger partial charge in [0.1, 0.15) is 5.66 Å². The summed E-state index contributed by atoms with van der Waals surface area (Å²) in [5, 5.41) is 3.42. The molecule has 2 aliphatic rings. The van der Waals surface area contributed by atoms with Crippen LogP contribution in [0.2, 0.25) is 0 Å². The second-order valence-electron chi connectivity index (χ2n) is 8.60. The number of nitrogens with one attached hydrogen (secondary N) is 1. The maximum atomic E-state index is 6.92. The first-order chi connectivity index (χ1) is 11.3. The molecule has 0 saturated carbocycles. The molecule has 0 bridgehead atoms. The molecule has 0 spiro atoms. The molecule has 0 radical (unpaired) electrons. The summed E-state index contributed by atoms with van der Waals surface area (Å²) in [5.74, 6) is 0.639. The summed E-state index contributed by atoms with van der Waals surface area (Å²) < 4.78 is 0. The maximum Gasteiger partial charge on any atom is 0.120 e. The van der Waals surface area contributed by atoms with Crippen LogP contribution >= 0.6 is 0 Å². The van der Waals surface area contributed by atoms with Crippen LogP contribution in [0.15, 0.2) is 30.3 Å². The Morgan fingerprint density at radius 3 is 2.46 bits per heavy atom. The van der Waals surface area contributed by atoms with Crippen LogP contribution < -0.4 is 11.1 Å². The SMILES string of the molecule is CNC1(N)c2cc(C(C)(C)C)ccc2-c2cc3c(cc21)C(C)CC3. The summed E-state index contributed by atoms with van der Waals surface area (Å²) in [7, 11) is 1.97. The standard InChI is InChI=1S/C22H28N2/c1-13-6-7-14-10-18-16-9-8-15(21(2,3)4)11-19(16)22(23,24-5)20(18)12-17(13)14/h8-13,24H,6-7,23H2,1-5H3. The molecule has 2 aromatic carbocycles. The highest BCUT2D eigenvalue weighted by Gasteiger charge is 2.41. The molecule has 0 aliphatic heterocycles. The van der Waals surface area contributed by atoms with Crippen LogP contribution in [0, 0.1) is 0 Å². The van der Waals surface area contributed by atoms with E-state index in [4.69, 9.17) is 5.73 Å². The summed E-state index contributed by atoms with van der Waals surface area (Å²) in [6, 6.07) is 11.6. The van der Waals surface area contributed by atoms with E-state index in [1.54, 1.807) is 0 Å². The lowest BCUT2D eigenvalue weighted by atomic mass is 9.84. The van der Waals surface area contributed by atoms with Crippen molar-refractivity contribution in [3.63, 3.8) is 0 Å². The number of fused-ring (bicyclic) bond motifs is 4. The van der Waals surface area contributed by atoms with E-state index in [9.17, 15) is 0 Å². The van der Waals surface area contributed by atoms with Gasteiger partial charge in [-0.2, -0.15) is 0 Å². The minimum absolute atomic E-state index is 0.120. The summed E-state index contributed by atoms with van der Waals surface area (Å²) in [4.78, 5) is 0. The molecule has 126 valence electrons. The van der Waals surface area contributed by atoms with Crippen molar-refractivity contribution in [3.8, 4) is 11.1 Å². The van der Waals surface area contributed by atoms with Crippen molar-refractivity contribution in [2.24, 2.45) is 5.73 Å². The van der Waals surface area contributed by atoms with E-state index in [0.29, 0.717) is 5.92 Å². The number of benzene rings is 2. The first-order valence-corrected chi connectivity index (χ1v) is 9.06. The number of hydrogen-bond donors (Lipinski definition) is 2. The van der Waals surface area contributed by atoms with Crippen LogP contribution in [0.25, 0.3) is 11.1 Å². The normalized spacial score (nSPS) is 24.7. The Labute approximate surface area is 145 Å². The molecule has 0 amide bonds. The van der Waals surface area contributed by atoms with Gasteiger partial charge in [0.05, 0.1) is 0 Å². The molecule has 0 fully saturated rings. The van der Waals surface area contributed by atoms with E-state index < -0.39 is 5.66 Å². The van der Waals surface area contributed by atoms with Gasteiger partial charge in [0.25, 0.3) is 0 Å². The fraction of sp³-hybridized carbons (Fsp3) is 0.455. The number of hydrogen-bond acceptors (Lipinski definition) is 2. The zero-order valence-corrected chi connectivity index (χ0v) is 15.5. The lowest BCUT2D eigenvalue weighted by Gasteiger charge is -2.29. The first-order valence-electron chi connectivity index (χ1n) is 9.06. The zero-order chi connectivity index (χ0) is 17.3. The molecule has 0 aromatic heterocycles. The van der Waals surface area contributed by atoms with Gasteiger partial charge in [-0.25, -0.2) is 0 Å². The molecule has 0 saturated heterocycles. The van der Waals surface area contributed by atoms with Crippen LogP contribution in [-0.4, -0.2) is 7.05 Å². The van der Waals surface area contributed by atoms with Gasteiger partial charge >= 0.3 is 0 Å². The predicted octanol–water partition coefficient (Wildman–Crippen LogP) is 4.39. The van der Waals surface area contributed by atoms with Crippen molar-refractivity contribution in [2.75, 3.05) is 7.05 Å².